The third-order valence-electron chi connectivity index (χ3n) is 9.28. The van der Waals surface area contributed by atoms with E-state index in [1.165, 1.54) is 11.1 Å². The number of para-hydroxylation sites is 2. The van der Waals surface area contributed by atoms with E-state index in [2.05, 4.69) is 107 Å². The molecule has 0 saturated carbocycles. The molecule has 0 unspecified atom stereocenters. The van der Waals surface area contributed by atoms with Crippen molar-refractivity contribution in [2.75, 3.05) is 0 Å². The van der Waals surface area contributed by atoms with Crippen LogP contribution >= 0.6 is 0 Å². The second kappa shape index (κ2) is 13.0. The molecule has 3 aromatic heterocycles. The number of aromatic nitrogens is 4. The standard InChI is InChI=1S/C45H40N4O.Pt/c1-30-12-10-17-40-43(30)48(33-20-18-31(19-21-33)44(2,3)4)29-47(40)34-13-11-14-35(27-34)50-36-22-23-38-37-15-8-9-16-39(37)49(41(38)28-36)42-26-32(24-25-46-42)45(5,6)7;/h8-26H,1-7H3;/q-2;/i1D3;. The molecule has 51 heavy (non-hydrogen) atoms. The molecule has 0 saturated heterocycles. The second-order valence-electron chi connectivity index (χ2n) is 14.8. The van der Waals surface area contributed by atoms with Crippen LogP contribution in [-0.4, -0.2) is 14.1 Å². The Morgan fingerprint density at radius 3 is 2.20 bits per heavy atom. The van der Waals surface area contributed by atoms with Gasteiger partial charge in [-0.1, -0.05) is 95.6 Å². The Kier molecular flexibility index (Phi) is 7.83. The molecule has 0 radical (unpaired) electrons. The topological polar surface area (TPSA) is 35.9 Å². The van der Waals surface area contributed by atoms with Gasteiger partial charge in [0, 0.05) is 48.4 Å². The number of pyridine rings is 1. The van der Waals surface area contributed by atoms with Crippen molar-refractivity contribution in [3.05, 3.63) is 151 Å². The van der Waals surface area contributed by atoms with Crippen LogP contribution < -0.4 is 9.30 Å². The Balaban J connectivity index is 0.00000450. The molecule has 8 rings (SSSR count). The minimum absolute atomic E-state index is 0. The van der Waals surface area contributed by atoms with Crippen molar-refractivity contribution in [2.45, 2.75) is 59.2 Å². The molecule has 0 bridgehead atoms. The molecule has 0 amide bonds. The number of hydrogen-bond donors (Lipinski definition) is 0. The number of imidazole rings is 1. The van der Waals surface area contributed by atoms with E-state index in [4.69, 9.17) is 13.8 Å². The molecule has 0 spiro atoms. The summed E-state index contributed by atoms with van der Waals surface area (Å²) >= 11 is 0. The molecule has 0 atom stereocenters. The van der Waals surface area contributed by atoms with Crippen molar-refractivity contribution >= 4 is 32.8 Å². The Morgan fingerprint density at radius 2 is 1.43 bits per heavy atom. The van der Waals surface area contributed by atoms with Gasteiger partial charge in [-0.05, 0) is 75.8 Å². The van der Waals surface area contributed by atoms with Crippen molar-refractivity contribution < 1.29 is 34.5 Å². The Labute approximate surface area is 318 Å². The van der Waals surface area contributed by atoms with Crippen molar-refractivity contribution in [2.24, 2.45) is 0 Å². The van der Waals surface area contributed by atoms with E-state index in [0.717, 1.165) is 33.3 Å². The number of fused-ring (bicyclic) bond motifs is 4. The number of benzene rings is 5. The zero-order chi connectivity index (χ0) is 37.3. The van der Waals surface area contributed by atoms with Gasteiger partial charge >= 0.3 is 0 Å². The first-order chi connectivity index (χ1) is 25.2. The van der Waals surface area contributed by atoms with Gasteiger partial charge in [0.15, 0.2) is 0 Å². The van der Waals surface area contributed by atoms with E-state index in [1.54, 1.807) is 12.1 Å². The maximum atomic E-state index is 8.36. The summed E-state index contributed by atoms with van der Waals surface area (Å²) in [5.41, 5.74) is 7.18. The normalized spacial score (nSPS) is 13.2. The molecule has 0 fully saturated rings. The van der Waals surface area contributed by atoms with Crippen LogP contribution in [0.3, 0.4) is 0 Å². The molecule has 0 N–H and O–H groups in total. The molecule has 0 aliphatic heterocycles. The number of ether oxygens (including phenoxy) is 1. The Hall–Kier alpha value is -4.99. The molecule has 258 valence electrons. The predicted octanol–water partition coefficient (Wildman–Crippen LogP) is 10.5. The van der Waals surface area contributed by atoms with Gasteiger partial charge in [-0.25, -0.2) is 4.98 Å². The average molecular weight is 851 g/mol. The monoisotopic (exact) mass is 850 g/mol. The predicted molar refractivity (Wildman–Crippen MR) is 202 cm³/mol. The van der Waals surface area contributed by atoms with E-state index in [1.807, 2.05) is 69.9 Å². The van der Waals surface area contributed by atoms with Gasteiger partial charge in [-0.15, -0.1) is 29.7 Å². The molecular formula is C45H40N4OPt-2. The molecule has 0 aliphatic rings. The number of aryl methyl sites for hydroxylation is 1. The van der Waals surface area contributed by atoms with E-state index >= 15 is 0 Å². The quantitative estimate of drug-likeness (QED) is 0.128. The Morgan fingerprint density at radius 1 is 0.706 bits per heavy atom. The molecule has 6 heteroatoms. The van der Waals surface area contributed by atoms with Gasteiger partial charge in [-0.3, -0.25) is 4.57 Å². The molecule has 0 aliphatic carbocycles. The number of hydrogen-bond acceptors (Lipinski definition) is 2. The van der Waals surface area contributed by atoms with Gasteiger partial charge in [0.05, 0.1) is 16.7 Å². The summed E-state index contributed by atoms with van der Waals surface area (Å²) in [5.74, 6) is 1.83. The summed E-state index contributed by atoms with van der Waals surface area (Å²) in [7, 11) is 0. The second-order valence-corrected chi connectivity index (χ2v) is 14.8. The summed E-state index contributed by atoms with van der Waals surface area (Å²) in [5, 5.41) is 2.15. The number of rotatable bonds is 5. The van der Waals surface area contributed by atoms with Gasteiger partial charge in [0.1, 0.15) is 5.82 Å². The van der Waals surface area contributed by atoms with Crippen LogP contribution in [0.5, 0.6) is 11.5 Å². The van der Waals surface area contributed by atoms with Gasteiger partial charge in [0.25, 0.3) is 6.33 Å². The first-order valence-electron chi connectivity index (χ1n) is 18.4. The molecular weight excluding hydrogens is 808 g/mol. The van der Waals surface area contributed by atoms with Gasteiger partial charge in [-0.2, -0.15) is 18.2 Å². The van der Waals surface area contributed by atoms with Gasteiger partial charge in [0.2, 0.25) is 0 Å². The molecule has 5 nitrogen and oxygen atoms in total. The largest absolute Gasteiger partial charge is 0.510 e. The summed E-state index contributed by atoms with van der Waals surface area (Å²) in [6.45, 7) is 10.8. The smallest absolute Gasteiger partial charge is 0.268 e. The van der Waals surface area contributed by atoms with Crippen LogP contribution in [0, 0.1) is 25.3 Å². The zero-order valence-electron chi connectivity index (χ0n) is 32.5. The van der Waals surface area contributed by atoms with Crippen LogP contribution in [0.2, 0.25) is 0 Å². The minimum atomic E-state index is -2.33. The van der Waals surface area contributed by atoms with Crippen LogP contribution in [0.1, 0.15) is 62.3 Å². The van der Waals surface area contributed by atoms with E-state index in [-0.39, 0.29) is 37.5 Å². The zero-order valence-corrected chi connectivity index (χ0v) is 31.8. The molecule has 5 aromatic carbocycles. The van der Waals surface area contributed by atoms with Crippen molar-refractivity contribution in [3.63, 3.8) is 0 Å². The van der Waals surface area contributed by atoms with Crippen LogP contribution in [-0.2, 0) is 31.9 Å². The first-order valence-corrected chi connectivity index (χ1v) is 16.9. The van der Waals surface area contributed by atoms with Gasteiger partial charge < -0.3 is 13.9 Å². The first kappa shape index (κ1) is 30.8. The maximum absolute atomic E-state index is 8.36. The Bertz CT molecular complexity index is 2660. The maximum Gasteiger partial charge on any atom is 0.268 e. The minimum Gasteiger partial charge on any atom is -0.510 e. The van der Waals surface area contributed by atoms with Crippen molar-refractivity contribution in [3.8, 4) is 28.7 Å². The van der Waals surface area contributed by atoms with Crippen LogP contribution in [0.15, 0.2) is 115 Å². The SMILES string of the molecule is [2H]C([2H])([2H])c1cccc2c1[n+](-c1ccc(C(C)(C)C)cc1)[c-]n2-c1[c-]c(Oc2[c-]c3c(cc2)c2ccccc2n3-c2cc(C(C)(C)C)ccn2)ccc1.[Pt]. The van der Waals surface area contributed by atoms with Crippen LogP contribution in [0.25, 0.3) is 50.0 Å². The average Bonchev–Trinajstić information content (AvgIpc) is 3.67. The van der Waals surface area contributed by atoms with Crippen LogP contribution in [0.4, 0.5) is 0 Å². The summed E-state index contributed by atoms with van der Waals surface area (Å²) in [6.07, 6.45) is 5.31. The molecule has 3 heterocycles. The fraction of sp³-hybridized carbons (Fsp3) is 0.200. The van der Waals surface area contributed by atoms with E-state index < -0.39 is 6.85 Å². The number of nitrogens with zero attached hydrogens (tertiary/aromatic N) is 4. The fourth-order valence-electron chi connectivity index (χ4n) is 6.56. The summed E-state index contributed by atoms with van der Waals surface area (Å²) in [4.78, 5) is 4.79. The summed E-state index contributed by atoms with van der Waals surface area (Å²) in [6, 6.07) is 42.7. The third kappa shape index (κ3) is 6.29. The third-order valence-corrected chi connectivity index (χ3v) is 9.28. The summed E-state index contributed by atoms with van der Waals surface area (Å²) < 4.78 is 37.4. The van der Waals surface area contributed by atoms with Crippen molar-refractivity contribution in [1.29, 1.82) is 0 Å². The van der Waals surface area contributed by atoms with Crippen molar-refractivity contribution in [1.82, 2.24) is 14.1 Å². The van der Waals surface area contributed by atoms with E-state index in [9.17, 15) is 0 Å². The molecule has 8 aromatic rings. The van der Waals surface area contributed by atoms with E-state index in [0.29, 0.717) is 28.2 Å². The fourth-order valence-corrected chi connectivity index (χ4v) is 6.56.